The van der Waals surface area contributed by atoms with E-state index in [0.29, 0.717) is 17.5 Å². The van der Waals surface area contributed by atoms with Crippen LogP contribution in [-0.4, -0.2) is 73.3 Å². The van der Waals surface area contributed by atoms with E-state index in [2.05, 4.69) is 15.0 Å². The summed E-state index contributed by atoms with van der Waals surface area (Å²) < 4.78 is 75.2. The molecule has 4 rings (SSSR count). The van der Waals surface area contributed by atoms with E-state index in [-0.39, 0.29) is 41.6 Å². The predicted octanol–water partition coefficient (Wildman–Crippen LogP) is 3.64. The second-order valence-electron chi connectivity index (χ2n) is 9.11. The zero-order valence-corrected chi connectivity index (χ0v) is 24.1. The van der Waals surface area contributed by atoms with Gasteiger partial charge in [-0.15, -0.1) is 13.2 Å². The lowest BCUT2D eigenvalue weighted by molar-refractivity contribution is -0.274. The first-order valence-electron chi connectivity index (χ1n) is 12.6. The molecule has 0 unspecified atom stereocenters. The molecule has 1 atom stereocenters. The number of amides is 1. The highest BCUT2D eigenvalue weighted by Crippen LogP contribution is 2.31. The highest BCUT2D eigenvalue weighted by atomic mass is 32.2. The Balaban J connectivity index is 1.59. The topological polar surface area (TPSA) is 138 Å². The summed E-state index contributed by atoms with van der Waals surface area (Å²) in [5, 5.41) is 12.5. The number of aromatic carboxylic acids is 1. The van der Waals surface area contributed by atoms with Crippen LogP contribution in [0.4, 0.5) is 18.3 Å². The zero-order valence-electron chi connectivity index (χ0n) is 22.4. The van der Waals surface area contributed by atoms with Gasteiger partial charge < -0.3 is 24.8 Å². The fourth-order valence-electron chi connectivity index (χ4n) is 4.28. The van der Waals surface area contributed by atoms with Crippen molar-refractivity contribution in [1.82, 2.24) is 14.6 Å². The molecule has 0 bridgehead atoms. The van der Waals surface area contributed by atoms with E-state index in [1.54, 1.807) is 29.2 Å². The van der Waals surface area contributed by atoms with Crippen LogP contribution in [0.25, 0.3) is 0 Å². The molecule has 42 heavy (non-hydrogen) atoms. The molecule has 1 aromatic heterocycles. The third kappa shape index (κ3) is 7.30. The second kappa shape index (κ2) is 12.5. The number of anilines is 1. The molecule has 3 aromatic rings. The Kier molecular flexibility index (Phi) is 9.27. The van der Waals surface area contributed by atoms with Crippen molar-refractivity contribution in [2.45, 2.75) is 37.7 Å². The monoisotopic (exact) mass is 628 g/mol. The minimum Gasteiger partial charge on any atom is -0.494 e. The van der Waals surface area contributed by atoms with E-state index in [9.17, 15) is 36.3 Å². The molecule has 2 aromatic carbocycles. The Morgan fingerprint density at radius 1 is 1.10 bits per heavy atom. The number of carbonyl (C=O) groups excluding carboxylic acids is 1. The number of carbonyl (C=O) groups is 2. The number of ether oxygens (including phenoxy) is 2. The lowest BCUT2D eigenvalue weighted by atomic mass is 10.1. The molecular formula is C26H27F3N4O7S2. The highest BCUT2D eigenvalue weighted by molar-refractivity contribution is 7.89. The second-order valence-corrected chi connectivity index (χ2v) is 12.0. The molecule has 226 valence electrons. The van der Waals surface area contributed by atoms with E-state index in [1.165, 1.54) is 6.92 Å². The van der Waals surface area contributed by atoms with Gasteiger partial charge in [-0.1, -0.05) is 23.5 Å². The summed E-state index contributed by atoms with van der Waals surface area (Å²) in [6, 6.07) is 9.42. The van der Waals surface area contributed by atoms with Crippen molar-refractivity contribution in [2.75, 3.05) is 31.1 Å². The third-order valence-corrected chi connectivity index (χ3v) is 9.38. The maximum absolute atomic E-state index is 13.6. The average molecular weight is 629 g/mol. The van der Waals surface area contributed by atoms with Crippen LogP contribution in [0, 0.1) is 6.92 Å². The van der Waals surface area contributed by atoms with Crippen LogP contribution in [0.3, 0.4) is 0 Å². The average Bonchev–Trinajstić information content (AvgIpc) is 3.33. The number of sulfonamides is 1. The molecule has 2 N–H and O–H groups in total. The maximum Gasteiger partial charge on any atom is 0.573 e. The molecule has 2 heterocycles. The van der Waals surface area contributed by atoms with Crippen LogP contribution < -0.4 is 19.7 Å². The van der Waals surface area contributed by atoms with Crippen molar-refractivity contribution >= 4 is 38.4 Å². The summed E-state index contributed by atoms with van der Waals surface area (Å²) in [5.41, 5.74) is 1.02. The molecule has 1 aliphatic heterocycles. The van der Waals surface area contributed by atoms with Crippen molar-refractivity contribution < 1.29 is 45.8 Å². The molecule has 0 spiro atoms. The van der Waals surface area contributed by atoms with E-state index < -0.39 is 40.1 Å². The van der Waals surface area contributed by atoms with Gasteiger partial charge in [-0.2, -0.15) is 4.31 Å². The van der Waals surface area contributed by atoms with Gasteiger partial charge >= 0.3 is 12.3 Å². The maximum atomic E-state index is 13.6. The van der Waals surface area contributed by atoms with E-state index in [1.807, 2.05) is 6.92 Å². The number of alkyl halides is 3. The molecule has 1 aliphatic rings. The quantitative estimate of drug-likeness (QED) is 0.345. The Bertz CT molecular complexity index is 1530. The number of benzene rings is 2. The molecule has 1 amide bonds. The number of hydrogen-bond donors (Lipinski definition) is 2. The molecule has 0 radical (unpaired) electrons. The molecule has 0 saturated carbocycles. The zero-order chi connectivity index (χ0) is 30.7. The Hall–Kier alpha value is -3.89. The smallest absolute Gasteiger partial charge is 0.494 e. The Morgan fingerprint density at radius 2 is 1.74 bits per heavy atom. The summed E-state index contributed by atoms with van der Waals surface area (Å²) in [4.78, 5) is 30.6. The van der Waals surface area contributed by atoms with Gasteiger partial charge in [-0.05, 0) is 55.8 Å². The van der Waals surface area contributed by atoms with Gasteiger partial charge in [0.05, 0.1) is 17.2 Å². The number of nitrogens with one attached hydrogen (secondary N) is 1. The van der Waals surface area contributed by atoms with Gasteiger partial charge in [0.15, 0.2) is 5.13 Å². The first-order valence-corrected chi connectivity index (χ1v) is 14.9. The predicted molar refractivity (Wildman–Crippen MR) is 146 cm³/mol. The molecule has 11 nitrogen and oxygen atoms in total. The van der Waals surface area contributed by atoms with Crippen LogP contribution >= 0.6 is 11.3 Å². The Labute approximate surface area is 243 Å². The van der Waals surface area contributed by atoms with Crippen LogP contribution in [0.15, 0.2) is 53.4 Å². The van der Waals surface area contributed by atoms with Gasteiger partial charge in [0.1, 0.15) is 22.4 Å². The van der Waals surface area contributed by atoms with Crippen LogP contribution in [0.1, 0.15) is 27.9 Å². The first kappa shape index (κ1) is 31.1. The lowest BCUT2D eigenvalue weighted by Gasteiger charge is -2.39. The van der Waals surface area contributed by atoms with Crippen LogP contribution in [0.2, 0.25) is 0 Å². The summed E-state index contributed by atoms with van der Waals surface area (Å²) in [6.07, 6.45) is -4.95. The van der Waals surface area contributed by atoms with Crippen LogP contribution in [0.5, 0.6) is 11.5 Å². The molecule has 16 heteroatoms. The fourth-order valence-corrected chi connectivity index (χ4v) is 6.79. The first-order chi connectivity index (χ1) is 19.8. The third-order valence-electron chi connectivity index (χ3n) is 6.25. The minimum atomic E-state index is -4.95. The summed E-state index contributed by atoms with van der Waals surface area (Å²) >= 11 is 0.912. The van der Waals surface area contributed by atoms with Crippen molar-refractivity contribution in [3.05, 3.63) is 64.7 Å². The Morgan fingerprint density at radius 3 is 2.31 bits per heavy atom. The molecule has 1 saturated heterocycles. The van der Waals surface area contributed by atoms with Gasteiger partial charge in [-0.3, -0.25) is 4.79 Å². The van der Waals surface area contributed by atoms with Gasteiger partial charge in [0.2, 0.25) is 15.9 Å². The minimum absolute atomic E-state index is 0.0257. The number of piperazine rings is 1. The van der Waals surface area contributed by atoms with Gasteiger partial charge in [-0.25, -0.2) is 18.2 Å². The van der Waals surface area contributed by atoms with Crippen LogP contribution in [-0.2, 0) is 21.4 Å². The standard InChI is InChI=1S/C26H27F3N4O7S2/c1-3-39-18-6-4-17(5-7-18)14-30-23(34)21-15-32(25-31-16(2)22(41-25)24(35)36)12-13-33(21)42(37,38)20-10-8-19(9-11-20)40-26(27,28)29/h4-11,21H,3,12-15H2,1-2H3,(H,30,34)(H,35,36)/t21-/m1/s1. The van der Waals surface area contributed by atoms with Crippen molar-refractivity contribution in [2.24, 2.45) is 0 Å². The highest BCUT2D eigenvalue weighted by Gasteiger charge is 2.41. The number of thiazole rings is 1. The van der Waals surface area contributed by atoms with Gasteiger partial charge in [0, 0.05) is 26.2 Å². The normalized spacial score (nSPS) is 16.2. The number of aromatic nitrogens is 1. The van der Waals surface area contributed by atoms with Crippen molar-refractivity contribution in [3.63, 3.8) is 0 Å². The SMILES string of the molecule is CCOc1ccc(CNC(=O)[C@H]2CN(c3nc(C)c(C(=O)O)s3)CCN2S(=O)(=O)c2ccc(OC(F)(F)F)cc2)cc1. The van der Waals surface area contributed by atoms with E-state index in [0.717, 1.165) is 45.5 Å². The largest absolute Gasteiger partial charge is 0.573 e. The number of carboxylic acid groups (broad SMARTS) is 1. The number of aryl methyl sites for hydroxylation is 1. The molecular weight excluding hydrogens is 601 g/mol. The number of nitrogens with zero attached hydrogens (tertiary/aromatic N) is 3. The lowest BCUT2D eigenvalue weighted by Crippen LogP contribution is -2.60. The summed E-state index contributed by atoms with van der Waals surface area (Å²) in [7, 11) is -4.35. The summed E-state index contributed by atoms with van der Waals surface area (Å²) in [6.45, 7) is 3.73. The fraction of sp³-hybridized carbons (Fsp3) is 0.346. The van der Waals surface area contributed by atoms with E-state index >= 15 is 0 Å². The van der Waals surface area contributed by atoms with Crippen molar-refractivity contribution in [3.8, 4) is 11.5 Å². The molecule has 1 fully saturated rings. The number of rotatable bonds is 10. The summed E-state index contributed by atoms with van der Waals surface area (Å²) in [5.74, 6) is -1.72. The van der Waals surface area contributed by atoms with Gasteiger partial charge in [0.25, 0.3) is 0 Å². The van der Waals surface area contributed by atoms with Crippen molar-refractivity contribution in [1.29, 1.82) is 0 Å². The molecule has 0 aliphatic carbocycles. The van der Waals surface area contributed by atoms with E-state index in [4.69, 9.17) is 4.74 Å². The number of hydrogen-bond acceptors (Lipinski definition) is 9. The number of halogens is 3. The number of carboxylic acids is 1.